The Balaban J connectivity index is 2.52. The van der Waals surface area contributed by atoms with Gasteiger partial charge in [-0.2, -0.15) is 0 Å². The zero-order valence-corrected chi connectivity index (χ0v) is 11.8. The molecule has 0 fully saturated rings. The van der Waals surface area contributed by atoms with Crippen LogP contribution in [0.5, 0.6) is 0 Å². The monoisotopic (exact) mass is 281 g/mol. The van der Waals surface area contributed by atoms with E-state index >= 15 is 0 Å². The van der Waals surface area contributed by atoms with Crippen molar-refractivity contribution in [3.63, 3.8) is 0 Å². The number of hydrogen-bond acceptors (Lipinski definition) is 5. The first-order valence-corrected chi connectivity index (χ1v) is 6.16. The molecule has 7 nitrogen and oxygen atoms in total. The first kappa shape index (κ1) is 15.9. The van der Waals surface area contributed by atoms with Crippen LogP contribution in [0.25, 0.3) is 0 Å². The van der Waals surface area contributed by atoms with Crippen molar-refractivity contribution in [1.82, 2.24) is 5.32 Å². The van der Waals surface area contributed by atoms with Gasteiger partial charge in [0.25, 0.3) is 5.69 Å². The van der Waals surface area contributed by atoms with Crippen LogP contribution in [0.3, 0.4) is 0 Å². The number of hydrogen-bond donors (Lipinski definition) is 2. The number of nitrogens with one attached hydrogen (secondary N) is 1. The fourth-order valence-electron chi connectivity index (χ4n) is 1.47. The molecule has 0 aliphatic rings. The van der Waals surface area contributed by atoms with E-state index in [4.69, 9.17) is 10.5 Å². The first-order valence-electron chi connectivity index (χ1n) is 6.16. The van der Waals surface area contributed by atoms with Gasteiger partial charge < -0.3 is 15.8 Å². The number of carbonyl (C=O) groups excluding carboxylic acids is 1. The molecule has 3 N–H and O–H groups in total. The molecule has 0 saturated heterocycles. The molecule has 1 aromatic carbocycles. The number of rotatable bonds is 4. The molecule has 0 aliphatic carbocycles. The fourth-order valence-corrected chi connectivity index (χ4v) is 1.47. The molecule has 0 aromatic heterocycles. The molecule has 0 spiro atoms. The average molecular weight is 281 g/mol. The number of amides is 1. The lowest BCUT2D eigenvalue weighted by Gasteiger charge is -2.20. The van der Waals surface area contributed by atoms with E-state index in [0.29, 0.717) is 5.56 Å². The van der Waals surface area contributed by atoms with Gasteiger partial charge in [-0.3, -0.25) is 10.1 Å². The molecule has 0 unspecified atom stereocenters. The highest BCUT2D eigenvalue weighted by atomic mass is 16.6. The highest BCUT2D eigenvalue weighted by molar-refractivity contribution is 5.67. The third-order valence-electron chi connectivity index (χ3n) is 2.40. The summed E-state index contributed by atoms with van der Waals surface area (Å²) in [6, 6.07) is 5.44. The van der Waals surface area contributed by atoms with Gasteiger partial charge in [0.05, 0.1) is 4.92 Å². The Morgan fingerprint density at radius 1 is 1.40 bits per heavy atom. The Morgan fingerprint density at radius 3 is 2.40 bits per heavy atom. The Bertz CT molecular complexity index is 479. The predicted octanol–water partition coefficient (Wildman–Crippen LogP) is 2.12. The Hall–Kier alpha value is -2.15. The summed E-state index contributed by atoms with van der Waals surface area (Å²) in [4.78, 5) is 21.5. The Morgan fingerprint density at radius 2 is 1.95 bits per heavy atom. The summed E-state index contributed by atoms with van der Waals surface area (Å²) in [5.74, 6) is 0. The van der Waals surface area contributed by atoms with Crippen LogP contribution in [-0.4, -0.2) is 23.2 Å². The van der Waals surface area contributed by atoms with Gasteiger partial charge in [-0.05, 0) is 26.3 Å². The van der Waals surface area contributed by atoms with Gasteiger partial charge in [-0.25, -0.2) is 4.79 Å². The molecular formula is C13H19N3O4. The van der Waals surface area contributed by atoms with Gasteiger partial charge in [0, 0.05) is 24.7 Å². The van der Waals surface area contributed by atoms with E-state index in [1.54, 1.807) is 32.9 Å². The molecule has 0 heterocycles. The first-order chi connectivity index (χ1) is 9.19. The quantitative estimate of drug-likeness (QED) is 0.649. The molecule has 0 bridgehead atoms. The molecule has 20 heavy (non-hydrogen) atoms. The van der Waals surface area contributed by atoms with Gasteiger partial charge in [0.2, 0.25) is 0 Å². The number of nitro groups is 1. The van der Waals surface area contributed by atoms with E-state index < -0.39 is 22.7 Å². The molecule has 1 rings (SSSR count). The van der Waals surface area contributed by atoms with Crippen molar-refractivity contribution in [1.29, 1.82) is 0 Å². The second-order valence-corrected chi connectivity index (χ2v) is 5.34. The summed E-state index contributed by atoms with van der Waals surface area (Å²) in [5.41, 5.74) is 6.03. The van der Waals surface area contributed by atoms with Gasteiger partial charge >= 0.3 is 6.09 Å². The van der Waals surface area contributed by atoms with Gasteiger partial charge in [-0.1, -0.05) is 12.1 Å². The number of nitro benzene ring substituents is 1. The predicted molar refractivity (Wildman–Crippen MR) is 74.3 cm³/mol. The third-order valence-corrected chi connectivity index (χ3v) is 2.40. The minimum absolute atomic E-state index is 0.000974. The van der Waals surface area contributed by atoms with Crippen molar-refractivity contribution in [3.8, 4) is 0 Å². The standard InChI is InChI=1S/C13H19N3O4/c1-13(2,3)20-12(17)15-8-11(14)9-4-6-10(7-5-9)16(18)19/h4-7,11H,8,14H2,1-3H3,(H,15,17)/t11-/m1/s1. The maximum Gasteiger partial charge on any atom is 0.407 e. The minimum atomic E-state index is -0.568. The molecule has 1 amide bonds. The molecule has 0 saturated carbocycles. The normalized spacial score (nSPS) is 12.6. The summed E-state index contributed by atoms with van der Waals surface area (Å²) in [6.07, 6.45) is -0.546. The maximum atomic E-state index is 11.5. The second-order valence-electron chi connectivity index (χ2n) is 5.34. The molecule has 1 atom stereocenters. The van der Waals surface area contributed by atoms with Crippen molar-refractivity contribution in [3.05, 3.63) is 39.9 Å². The van der Waals surface area contributed by atoms with Crippen LogP contribution in [-0.2, 0) is 4.74 Å². The smallest absolute Gasteiger partial charge is 0.407 e. The number of carbonyl (C=O) groups is 1. The number of benzene rings is 1. The molecular weight excluding hydrogens is 262 g/mol. The zero-order chi connectivity index (χ0) is 15.3. The Labute approximate surface area is 117 Å². The largest absolute Gasteiger partial charge is 0.444 e. The number of ether oxygens (including phenoxy) is 1. The number of nitrogens with two attached hydrogens (primary N) is 1. The molecule has 0 radical (unpaired) electrons. The Kier molecular flexibility index (Phi) is 5.04. The number of non-ortho nitro benzene ring substituents is 1. The summed E-state index contributed by atoms with van der Waals surface area (Å²) < 4.78 is 5.08. The lowest BCUT2D eigenvalue weighted by atomic mass is 10.1. The van der Waals surface area contributed by atoms with Gasteiger partial charge in [0.15, 0.2) is 0 Å². The summed E-state index contributed by atoms with van der Waals surface area (Å²) >= 11 is 0. The number of nitrogens with zero attached hydrogens (tertiary/aromatic N) is 1. The van der Waals surface area contributed by atoms with Gasteiger partial charge in [-0.15, -0.1) is 0 Å². The van der Waals surface area contributed by atoms with Crippen LogP contribution in [0.1, 0.15) is 32.4 Å². The highest BCUT2D eigenvalue weighted by Crippen LogP contribution is 2.16. The summed E-state index contributed by atoms with van der Waals surface area (Å²) in [6.45, 7) is 5.49. The van der Waals surface area contributed by atoms with Crippen molar-refractivity contribution in [2.45, 2.75) is 32.4 Å². The molecule has 0 aliphatic heterocycles. The third kappa shape index (κ3) is 5.23. The van der Waals surface area contributed by atoms with E-state index in [1.807, 2.05) is 0 Å². The van der Waals surface area contributed by atoms with E-state index in [9.17, 15) is 14.9 Å². The maximum absolute atomic E-state index is 11.5. The topological polar surface area (TPSA) is 107 Å². The van der Waals surface area contributed by atoms with Crippen molar-refractivity contribution >= 4 is 11.8 Å². The molecule has 1 aromatic rings. The van der Waals surface area contributed by atoms with E-state index in [1.165, 1.54) is 12.1 Å². The van der Waals surface area contributed by atoms with Crippen molar-refractivity contribution in [2.75, 3.05) is 6.54 Å². The lowest BCUT2D eigenvalue weighted by Crippen LogP contribution is -2.36. The van der Waals surface area contributed by atoms with E-state index in [2.05, 4.69) is 5.32 Å². The molecule has 7 heteroatoms. The summed E-state index contributed by atoms with van der Waals surface area (Å²) in [7, 11) is 0. The summed E-state index contributed by atoms with van der Waals surface area (Å²) in [5, 5.41) is 13.1. The molecule has 110 valence electrons. The second kappa shape index (κ2) is 6.33. The van der Waals surface area contributed by atoms with E-state index in [0.717, 1.165) is 0 Å². The van der Waals surface area contributed by atoms with Crippen molar-refractivity contribution < 1.29 is 14.5 Å². The lowest BCUT2D eigenvalue weighted by molar-refractivity contribution is -0.384. The zero-order valence-electron chi connectivity index (χ0n) is 11.8. The average Bonchev–Trinajstić information content (AvgIpc) is 2.34. The van der Waals surface area contributed by atoms with Gasteiger partial charge in [0.1, 0.15) is 5.60 Å². The highest BCUT2D eigenvalue weighted by Gasteiger charge is 2.17. The van der Waals surface area contributed by atoms with Crippen LogP contribution in [0.4, 0.5) is 10.5 Å². The minimum Gasteiger partial charge on any atom is -0.444 e. The fraction of sp³-hybridized carbons (Fsp3) is 0.462. The van der Waals surface area contributed by atoms with E-state index in [-0.39, 0.29) is 12.2 Å². The van der Waals surface area contributed by atoms with Crippen LogP contribution in [0.15, 0.2) is 24.3 Å². The van der Waals surface area contributed by atoms with Crippen LogP contribution >= 0.6 is 0 Å². The van der Waals surface area contributed by atoms with Crippen molar-refractivity contribution in [2.24, 2.45) is 5.73 Å². The SMILES string of the molecule is CC(C)(C)OC(=O)NC[C@@H](N)c1ccc([N+](=O)[O-])cc1. The van der Waals surface area contributed by atoms with Crippen LogP contribution in [0, 0.1) is 10.1 Å². The van der Waals surface area contributed by atoms with Crippen LogP contribution in [0.2, 0.25) is 0 Å². The van der Waals surface area contributed by atoms with Crippen LogP contribution < -0.4 is 11.1 Å². The number of alkyl carbamates (subject to hydrolysis) is 1.